The maximum atomic E-state index is 11.4. The highest BCUT2D eigenvalue weighted by atomic mass is 16.7. The van der Waals surface area contributed by atoms with Crippen LogP contribution in [0.5, 0.6) is 0 Å². The number of nitrogens with zero attached hydrogens (tertiary/aromatic N) is 1. The zero-order chi connectivity index (χ0) is 12.1. The number of anilines is 2. The Morgan fingerprint density at radius 3 is 2.75 bits per heavy atom. The fraction of sp³-hybridized carbons (Fsp3) is 0.300. The first-order valence-electron chi connectivity index (χ1n) is 4.76. The van der Waals surface area contributed by atoms with Gasteiger partial charge in [-0.1, -0.05) is 12.1 Å². The van der Waals surface area contributed by atoms with E-state index in [2.05, 4.69) is 5.32 Å². The number of nitrogens with one attached hydrogen (secondary N) is 1. The van der Waals surface area contributed by atoms with E-state index in [1.807, 2.05) is 0 Å². The normalized spacial score (nSPS) is 9.88. The number of hydroxylamine groups is 2. The van der Waals surface area contributed by atoms with Gasteiger partial charge >= 0.3 is 6.03 Å². The van der Waals surface area contributed by atoms with Gasteiger partial charge in [0, 0.05) is 7.05 Å². The maximum absolute atomic E-state index is 11.4. The number of benzene rings is 1. The van der Waals surface area contributed by atoms with Gasteiger partial charge in [0.2, 0.25) is 0 Å². The summed E-state index contributed by atoms with van der Waals surface area (Å²) in [6.45, 7) is 0.243. The lowest BCUT2D eigenvalue weighted by Crippen LogP contribution is -2.36. The molecular weight excluding hydrogens is 208 g/mol. The molecule has 16 heavy (non-hydrogen) atoms. The minimum atomic E-state index is -0.343. The van der Waals surface area contributed by atoms with Crippen LogP contribution < -0.4 is 16.8 Å². The molecular formula is C10H16N4O2. The number of rotatable bonds is 3. The summed E-state index contributed by atoms with van der Waals surface area (Å²) in [4.78, 5) is 16.3. The Kier molecular flexibility index (Phi) is 3.96. The predicted octanol–water partition coefficient (Wildman–Crippen LogP) is 0.554. The fourth-order valence-corrected chi connectivity index (χ4v) is 1.27. The van der Waals surface area contributed by atoms with E-state index in [1.165, 1.54) is 14.2 Å². The topological polar surface area (TPSA) is 93.6 Å². The lowest BCUT2D eigenvalue weighted by Gasteiger charge is -2.20. The number of hydrogen-bond acceptors (Lipinski definition) is 4. The van der Waals surface area contributed by atoms with Crippen molar-refractivity contribution < 1.29 is 9.63 Å². The molecule has 5 N–H and O–H groups in total. The highest BCUT2D eigenvalue weighted by molar-refractivity contribution is 5.73. The van der Waals surface area contributed by atoms with E-state index in [0.717, 1.165) is 10.6 Å². The van der Waals surface area contributed by atoms with Gasteiger partial charge in [0.05, 0.1) is 25.0 Å². The van der Waals surface area contributed by atoms with E-state index < -0.39 is 0 Å². The fourth-order valence-electron chi connectivity index (χ4n) is 1.27. The summed E-state index contributed by atoms with van der Waals surface area (Å²) in [7, 11) is 2.94. The number of carbonyl (C=O) groups excluding carboxylic acids is 1. The maximum Gasteiger partial charge on any atom is 0.341 e. The van der Waals surface area contributed by atoms with E-state index in [4.69, 9.17) is 16.3 Å². The molecule has 0 aromatic heterocycles. The second kappa shape index (κ2) is 5.22. The molecule has 88 valence electrons. The summed E-state index contributed by atoms with van der Waals surface area (Å²) in [5, 5.41) is 3.62. The van der Waals surface area contributed by atoms with E-state index in [0.29, 0.717) is 11.4 Å². The number of amides is 2. The first-order valence-corrected chi connectivity index (χ1v) is 4.76. The quantitative estimate of drug-likeness (QED) is 0.516. The van der Waals surface area contributed by atoms with Gasteiger partial charge in [-0.2, -0.15) is 5.06 Å². The van der Waals surface area contributed by atoms with Crippen molar-refractivity contribution in [3.63, 3.8) is 0 Å². The zero-order valence-electron chi connectivity index (χ0n) is 9.36. The Balaban J connectivity index is 2.86. The summed E-state index contributed by atoms with van der Waals surface area (Å²) in [5.41, 5.74) is 13.1. The van der Waals surface area contributed by atoms with Gasteiger partial charge in [-0.25, -0.2) is 4.79 Å². The molecule has 0 radical (unpaired) electrons. The number of urea groups is 1. The lowest BCUT2D eigenvalue weighted by molar-refractivity contribution is -0.0925. The molecule has 0 atom stereocenters. The van der Waals surface area contributed by atoms with Crippen LogP contribution in [-0.2, 0) is 11.4 Å². The van der Waals surface area contributed by atoms with Crippen LogP contribution in [0.2, 0.25) is 0 Å². The van der Waals surface area contributed by atoms with Crippen LogP contribution in [0.25, 0.3) is 0 Å². The van der Waals surface area contributed by atoms with Crippen molar-refractivity contribution in [1.29, 1.82) is 0 Å². The van der Waals surface area contributed by atoms with Gasteiger partial charge < -0.3 is 16.8 Å². The SMILES string of the molecule is CNC(=O)N(Cc1cccc(N)c1N)OC. The van der Waals surface area contributed by atoms with Crippen LogP contribution >= 0.6 is 0 Å². The van der Waals surface area contributed by atoms with E-state index >= 15 is 0 Å². The van der Waals surface area contributed by atoms with Gasteiger partial charge in [-0.3, -0.25) is 4.84 Å². The molecule has 2 amide bonds. The summed E-state index contributed by atoms with van der Waals surface area (Å²) >= 11 is 0. The van der Waals surface area contributed by atoms with Gasteiger partial charge in [-0.15, -0.1) is 0 Å². The molecule has 0 aliphatic heterocycles. The zero-order valence-corrected chi connectivity index (χ0v) is 9.36. The highest BCUT2D eigenvalue weighted by Crippen LogP contribution is 2.20. The molecule has 1 rings (SSSR count). The molecule has 0 bridgehead atoms. The highest BCUT2D eigenvalue weighted by Gasteiger charge is 2.13. The monoisotopic (exact) mass is 224 g/mol. The van der Waals surface area contributed by atoms with Crippen molar-refractivity contribution in [3.8, 4) is 0 Å². The molecule has 0 unspecified atom stereocenters. The summed E-state index contributed by atoms with van der Waals surface area (Å²) in [5.74, 6) is 0. The first-order chi connectivity index (χ1) is 7.60. The Morgan fingerprint density at radius 1 is 1.50 bits per heavy atom. The molecule has 0 aliphatic rings. The summed E-state index contributed by atoms with van der Waals surface area (Å²) in [6, 6.07) is 4.93. The van der Waals surface area contributed by atoms with E-state index in [9.17, 15) is 4.79 Å². The third kappa shape index (κ3) is 2.54. The molecule has 0 saturated heterocycles. The number of carbonyl (C=O) groups is 1. The Morgan fingerprint density at radius 2 is 2.19 bits per heavy atom. The third-order valence-electron chi connectivity index (χ3n) is 2.20. The van der Waals surface area contributed by atoms with Gasteiger partial charge in [-0.05, 0) is 11.6 Å². The minimum absolute atomic E-state index is 0.243. The van der Waals surface area contributed by atoms with Crippen molar-refractivity contribution in [2.75, 3.05) is 25.6 Å². The number of nitrogens with two attached hydrogens (primary N) is 2. The standard InChI is InChI=1S/C10H16N4O2/c1-13-10(15)14(16-2)6-7-4-3-5-8(11)9(7)12/h3-5H,6,11-12H2,1-2H3,(H,13,15). The van der Waals surface area contributed by atoms with Crippen LogP contribution in [0.3, 0.4) is 0 Å². The predicted molar refractivity (Wildman–Crippen MR) is 62.3 cm³/mol. The van der Waals surface area contributed by atoms with Crippen LogP contribution in [0.4, 0.5) is 16.2 Å². The Labute approximate surface area is 94.1 Å². The van der Waals surface area contributed by atoms with Crippen molar-refractivity contribution in [1.82, 2.24) is 10.4 Å². The molecule has 6 nitrogen and oxygen atoms in total. The van der Waals surface area contributed by atoms with Crippen molar-refractivity contribution in [3.05, 3.63) is 23.8 Å². The molecule has 1 aromatic carbocycles. The van der Waals surface area contributed by atoms with Crippen LogP contribution in [0.1, 0.15) is 5.56 Å². The van der Waals surface area contributed by atoms with Crippen LogP contribution in [0.15, 0.2) is 18.2 Å². The van der Waals surface area contributed by atoms with Gasteiger partial charge in [0.25, 0.3) is 0 Å². The number of para-hydroxylation sites is 1. The van der Waals surface area contributed by atoms with Crippen molar-refractivity contribution >= 4 is 17.4 Å². The molecule has 0 heterocycles. The minimum Gasteiger partial charge on any atom is -0.397 e. The van der Waals surface area contributed by atoms with Gasteiger partial charge in [0.1, 0.15) is 0 Å². The molecule has 0 saturated carbocycles. The molecule has 0 spiro atoms. The second-order valence-electron chi connectivity index (χ2n) is 3.19. The third-order valence-corrected chi connectivity index (χ3v) is 2.20. The molecule has 0 fully saturated rings. The van der Waals surface area contributed by atoms with Crippen molar-refractivity contribution in [2.45, 2.75) is 6.54 Å². The first kappa shape index (κ1) is 12.1. The Hall–Kier alpha value is -1.95. The van der Waals surface area contributed by atoms with Crippen molar-refractivity contribution in [2.24, 2.45) is 0 Å². The van der Waals surface area contributed by atoms with E-state index in [1.54, 1.807) is 18.2 Å². The summed E-state index contributed by atoms with van der Waals surface area (Å²) < 4.78 is 0. The second-order valence-corrected chi connectivity index (χ2v) is 3.19. The largest absolute Gasteiger partial charge is 0.397 e. The van der Waals surface area contributed by atoms with Crippen LogP contribution in [-0.4, -0.2) is 25.3 Å². The number of hydrogen-bond donors (Lipinski definition) is 3. The average Bonchev–Trinajstić information content (AvgIpc) is 2.30. The molecule has 0 aliphatic carbocycles. The Bertz CT molecular complexity index is 381. The van der Waals surface area contributed by atoms with Gasteiger partial charge in [0.15, 0.2) is 0 Å². The average molecular weight is 224 g/mol. The summed E-state index contributed by atoms with van der Waals surface area (Å²) in [6.07, 6.45) is 0. The van der Waals surface area contributed by atoms with E-state index in [-0.39, 0.29) is 12.6 Å². The molecule has 6 heteroatoms. The number of nitrogen functional groups attached to an aromatic ring is 2. The smallest absolute Gasteiger partial charge is 0.341 e. The molecule has 1 aromatic rings. The lowest BCUT2D eigenvalue weighted by atomic mass is 10.1. The van der Waals surface area contributed by atoms with Crippen LogP contribution in [0, 0.1) is 0 Å².